The van der Waals surface area contributed by atoms with Crippen LogP contribution < -0.4 is 0 Å². The highest BCUT2D eigenvalue weighted by atomic mass is 14.7. The highest BCUT2D eigenvalue weighted by Crippen LogP contribution is 2.11. The van der Waals surface area contributed by atoms with Crippen LogP contribution >= 0.6 is 0 Å². The molecule has 0 saturated heterocycles. The minimum atomic E-state index is 0.840. The Morgan fingerprint density at radius 2 is 1.85 bits per heavy atom. The van der Waals surface area contributed by atoms with Gasteiger partial charge < -0.3 is 0 Å². The fraction of sp³-hybridized carbons (Fsp3) is 0.0833. The molecule has 0 aliphatic heterocycles. The summed E-state index contributed by atoms with van der Waals surface area (Å²) in [5.74, 6) is 0. The van der Waals surface area contributed by atoms with E-state index in [4.69, 9.17) is 0 Å². The van der Waals surface area contributed by atoms with Crippen LogP contribution in [0.15, 0.2) is 66.4 Å². The van der Waals surface area contributed by atoms with Crippen molar-refractivity contribution in [1.29, 1.82) is 0 Å². The minimum absolute atomic E-state index is 0.840. The topological polar surface area (TPSA) is 12.4 Å². The second-order valence-corrected chi connectivity index (χ2v) is 2.25. The molecule has 0 aromatic heterocycles. The van der Waals surface area contributed by atoms with Crippen LogP contribution in [0.25, 0.3) is 0 Å². The molecule has 0 unspecified atom stereocenters. The van der Waals surface area contributed by atoms with Crippen LogP contribution in [0.3, 0.4) is 0 Å². The molecule has 0 bridgehead atoms. The molecular weight excluding hydrogens is 158 g/mol. The maximum Gasteiger partial charge on any atom is 0.0698 e. The van der Waals surface area contributed by atoms with Gasteiger partial charge >= 0.3 is 0 Å². The van der Waals surface area contributed by atoms with Crippen LogP contribution in [0.1, 0.15) is 6.92 Å². The fourth-order valence-corrected chi connectivity index (χ4v) is 0.829. The van der Waals surface area contributed by atoms with Crippen LogP contribution in [0.4, 0.5) is 0 Å². The van der Waals surface area contributed by atoms with Crippen molar-refractivity contribution in [2.24, 2.45) is 4.99 Å². The number of hydrogen-bond acceptors (Lipinski definition) is 1. The van der Waals surface area contributed by atoms with Crippen LogP contribution in [0.2, 0.25) is 0 Å². The first-order valence-electron chi connectivity index (χ1n) is 4.07. The van der Waals surface area contributed by atoms with E-state index in [-0.39, 0.29) is 0 Å². The van der Waals surface area contributed by atoms with Crippen molar-refractivity contribution < 1.29 is 0 Å². The summed E-state index contributed by atoms with van der Waals surface area (Å²) in [5, 5.41) is 0. The zero-order chi connectivity index (χ0) is 10.1. The van der Waals surface area contributed by atoms with Gasteiger partial charge in [0.25, 0.3) is 0 Å². The van der Waals surface area contributed by atoms with Gasteiger partial charge in [-0.3, -0.25) is 4.99 Å². The molecule has 0 aromatic carbocycles. The molecule has 0 aliphatic rings. The van der Waals surface area contributed by atoms with Crippen molar-refractivity contribution in [2.45, 2.75) is 6.92 Å². The Kier molecular flexibility index (Phi) is 6.16. The predicted octanol–water partition coefficient (Wildman–Crippen LogP) is 3.45. The average molecular weight is 173 g/mol. The Hall–Kier alpha value is -1.63. The van der Waals surface area contributed by atoms with Gasteiger partial charge in [0, 0.05) is 6.21 Å². The molecule has 0 aliphatic carbocycles. The lowest BCUT2D eigenvalue weighted by Crippen LogP contribution is -1.82. The van der Waals surface area contributed by atoms with Crippen molar-refractivity contribution in [2.75, 3.05) is 0 Å². The molecule has 0 aromatic rings. The van der Waals surface area contributed by atoms with E-state index in [0.717, 1.165) is 11.3 Å². The first-order valence-corrected chi connectivity index (χ1v) is 4.07. The summed E-state index contributed by atoms with van der Waals surface area (Å²) < 4.78 is 0. The third kappa shape index (κ3) is 4.06. The summed E-state index contributed by atoms with van der Waals surface area (Å²) >= 11 is 0. The summed E-state index contributed by atoms with van der Waals surface area (Å²) in [7, 11) is 0. The van der Waals surface area contributed by atoms with E-state index < -0.39 is 0 Å². The molecule has 0 fully saturated rings. The summed E-state index contributed by atoms with van der Waals surface area (Å²) in [6.07, 6.45) is 10.5. The second-order valence-electron chi connectivity index (χ2n) is 2.25. The Bertz CT molecular complexity index is 277. The first kappa shape index (κ1) is 11.4. The number of hydrogen-bond donors (Lipinski definition) is 0. The van der Waals surface area contributed by atoms with Gasteiger partial charge in [-0.05, 0) is 18.6 Å². The SMILES string of the molecule is C=C\C=N/C(=C/C=C)C(/C=C)=C\C. The molecule has 0 saturated carbocycles. The molecule has 0 N–H and O–H groups in total. The average Bonchev–Trinajstić information content (AvgIpc) is 2.16. The monoisotopic (exact) mass is 173 g/mol. The summed E-state index contributed by atoms with van der Waals surface area (Å²) in [6.45, 7) is 12.8. The van der Waals surface area contributed by atoms with Gasteiger partial charge in [0.1, 0.15) is 0 Å². The van der Waals surface area contributed by atoms with Crippen LogP contribution in [-0.4, -0.2) is 6.21 Å². The van der Waals surface area contributed by atoms with Crippen LogP contribution in [0, 0.1) is 0 Å². The number of aliphatic imine (C=N–C) groups is 1. The second kappa shape index (κ2) is 7.04. The van der Waals surface area contributed by atoms with E-state index in [1.807, 2.05) is 19.1 Å². The summed E-state index contributed by atoms with van der Waals surface area (Å²) in [5.41, 5.74) is 1.82. The van der Waals surface area contributed by atoms with Crippen molar-refractivity contribution in [3.05, 3.63) is 61.4 Å². The first-order chi connectivity index (χ1) is 6.29. The summed E-state index contributed by atoms with van der Waals surface area (Å²) in [6, 6.07) is 0. The zero-order valence-corrected chi connectivity index (χ0v) is 8.03. The highest BCUT2D eigenvalue weighted by Gasteiger charge is 1.94. The molecule has 0 rings (SSSR count). The quantitative estimate of drug-likeness (QED) is 0.446. The maximum absolute atomic E-state index is 4.18. The van der Waals surface area contributed by atoms with Crippen molar-refractivity contribution in [3.8, 4) is 0 Å². The zero-order valence-electron chi connectivity index (χ0n) is 8.03. The Morgan fingerprint density at radius 3 is 2.23 bits per heavy atom. The van der Waals surface area contributed by atoms with Gasteiger partial charge in [-0.15, -0.1) is 0 Å². The molecular formula is C12H15N. The van der Waals surface area contributed by atoms with Gasteiger partial charge in [0.05, 0.1) is 5.70 Å². The number of rotatable bonds is 5. The Balaban J connectivity index is 4.90. The van der Waals surface area contributed by atoms with Crippen LogP contribution in [-0.2, 0) is 0 Å². The lowest BCUT2D eigenvalue weighted by atomic mass is 10.2. The molecule has 0 heterocycles. The smallest absolute Gasteiger partial charge is 0.0698 e. The Morgan fingerprint density at radius 1 is 1.15 bits per heavy atom. The van der Waals surface area contributed by atoms with E-state index >= 15 is 0 Å². The normalized spacial score (nSPS) is 13.0. The molecule has 1 heteroatoms. The number of nitrogens with zero attached hydrogens (tertiary/aromatic N) is 1. The van der Waals surface area contributed by atoms with Crippen molar-refractivity contribution in [3.63, 3.8) is 0 Å². The van der Waals surface area contributed by atoms with E-state index in [9.17, 15) is 0 Å². The van der Waals surface area contributed by atoms with Crippen molar-refractivity contribution >= 4 is 6.21 Å². The number of allylic oxidation sites excluding steroid dienone is 5. The molecule has 0 radical (unpaired) electrons. The van der Waals surface area contributed by atoms with Crippen LogP contribution in [0.5, 0.6) is 0 Å². The van der Waals surface area contributed by atoms with Gasteiger partial charge in [-0.1, -0.05) is 44.0 Å². The third-order valence-corrected chi connectivity index (χ3v) is 1.42. The fourth-order valence-electron chi connectivity index (χ4n) is 0.829. The maximum atomic E-state index is 4.18. The summed E-state index contributed by atoms with van der Waals surface area (Å²) in [4.78, 5) is 4.18. The predicted molar refractivity (Wildman–Crippen MR) is 60.9 cm³/mol. The standard InChI is InChI=1S/C12H15N/c1-5-9-12(13-10-6-2)11(7-3)8-4/h5-10H,1-3H2,4H3/b11-8-,12-9+,13-10-. The lowest BCUT2D eigenvalue weighted by molar-refractivity contribution is 1.34. The molecule has 13 heavy (non-hydrogen) atoms. The van der Waals surface area contributed by atoms with Gasteiger partial charge in [0.2, 0.25) is 0 Å². The largest absolute Gasteiger partial charge is 0.256 e. The van der Waals surface area contributed by atoms with E-state index in [0.29, 0.717) is 0 Å². The van der Waals surface area contributed by atoms with E-state index in [1.54, 1.807) is 24.4 Å². The molecule has 68 valence electrons. The van der Waals surface area contributed by atoms with Gasteiger partial charge in [-0.25, -0.2) is 0 Å². The highest BCUT2D eigenvalue weighted by molar-refractivity contribution is 5.72. The van der Waals surface area contributed by atoms with E-state index in [2.05, 4.69) is 24.7 Å². The molecule has 1 nitrogen and oxygen atoms in total. The minimum Gasteiger partial charge on any atom is -0.256 e. The third-order valence-electron chi connectivity index (χ3n) is 1.42. The van der Waals surface area contributed by atoms with E-state index in [1.165, 1.54) is 0 Å². The Labute approximate surface area is 80.2 Å². The molecule has 0 amide bonds. The molecule has 0 atom stereocenters. The van der Waals surface area contributed by atoms with Gasteiger partial charge in [0.15, 0.2) is 0 Å². The van der Waals surface area contributed by atoms with Crippen molar-refractivity contribution in [1.82, 2.24) is 0 Å². The van der Waals surface area contributed by atoms with Gasteiger partial charge in [-0.2, -0.15) is 0 Å². The lowest BCUT2D eigenvalue weighted by Gasteiger charge is -1.99. The molecule has 0 spiro atoms.